The summed E-state index contributed by atoms with van der Waals surface area (Å²) in [6.07, 6.45) is 8.18. The number of nitrogens with one attached hydrogen (secondary N) is 1. The molecule has 0 aliphatic carbocycles. The molecule has 0 bridgehead atoms. The van der Waals surface area contributed by atoms with Crippen LogP contribution < -0.4 is 5.32 Å². The summed E-state index contributed by atoms with van der Waals surface area (Å²) < 4.78 is 4.11. The van der Waals surface area contributed by atoms with Gasteiger partial charge in [-0.25, -0.2) is 9.97 Å². The molecule has 0 unspecified atom stereocenters. The first-order chi connectivity index (χ1) is 13.3. The van der Waals surface area contributed by atoms with Crippen molar-refractivity contribution in [3.05, 3.63) is 84.7 Å². The number of carbonyl (C=O) groups is 1. The largest absolute Gasteiger partial charge is 0.352 e. The van der Waals surface area contributed by atoms with E-state index in [1.807, 2.05) is 59.6 Å². The fraction of sp³-hybridized carbons (Fsp3) is 0.190. The SMILES string of the molecule is O=C(NCCCn1ccnc1)c1ccc(Cn2cnc3ccccc32)cc1. The molecule has 6 heteroatoms. The predicted octanol–water partition coefficient (Wildman–Crippen LogP) is 3.10. The smallest absolute Gasteiger partial charge is 0.251 e. The summed E-state index contributed by atoms with van der Waals surface area (Å²) in [7, 11) is 0. The van der Waals surface area contributed by atoms with Gasteiger partial charge in [0.2, 0.25) is 0 Å². The maximum atomic E-state index is 12.3. The zero-order valence-electron chi connectivity index (χ0n) is 15.0. The van der Waals surface area contributed by atoms with Crippen LogP contribution in [0.15, 0.2) is 73.6 Å². The van der Waals surface area contributed by atoms with Gasteiger partial charge in [0.05, 0.1) is 23.7 Å². The first-order valence-corrected chi connectivity index (χ1v) is 9.02. The van der Waals surface area contributed by atoms with Crippen LogP contribution in [0.5, 0.6) is 0 Å². The average molecular weight is 359 g/mol. The van der Waals surface area contributed by atoms with Crippen LogP contribution in [0.25, 0.3) is 11.0 Å². The third-order valence-corrected chi connectivity index (χ3v) is 4.53. The first-order valence-electron chi connectivity index (χ1n) is 9.02. The van der Waals surface area contributed by atoms with Crippen molar-refractivity contribution in [2.24, 2.45) is 0 Å². The molecule has 6 nitrogen and oxygen atoms in total. The van der Waals surface area contributed by atoms with Crippen molar-refractivity contribution in [1.29, 1.82) is 0 Å². The number of aromatic nitrogens is 4. The van der Waals surface area contributed by atoms with E-state index in [0.29, 0.717) is 12.1 Å². The van der Waals surface area contributed by atoms with Crippen molar-refractivity contribution in [2.45, 2.75) is 19.5 Å². The minimum absolute atomic E-state index is 0.0414. The maximum absolute atomic E-state index is 12.3. The highest BCUT2D eigenvalue weighted by Crippen LogP contribution is 2.14. The van der Waals surface area contributed by atoms with Gasteiger partial charge in [0.25, 0.3) is 5.91 Å². The number of nitrogens with zero attached hydrogens (tertiary/aromatic N) is 4. The zero-order valence-corrected chi connectivity index (χ0v) is 15.0. The lowest BCUT2D eigenvalue weighted by atomic mass is 10.1. The van der Waals surface area contributed by atoms with E-state index in [-0.39, 0.29) is 5.91 Å². The van der Waals surface area contributed by atoms with Gasteiger partial charge in [-0.2, -0.15) is 0 Å². The van der Waals surface area contributed by atoms with Crippen LogP contribution in [0, 0.1) is 0 Å². The van der Waals surface area contributed by atoms with E-state index in [2.05, 4.69) is 25.9 Å². The molecule has 2 aromatic heterocycles. The number of fused-ring (bicyclic) bond motifs is 1. The van der Waals surface area contributed by atoms with E-state index in [1.165, 1.54) is 0 Å². The van der Waals surface area contributed by atoms with Gasteiger partial charge in [-0.3, -0.25) is 4.79 Å². The molecule has 2 aromatic carbocycles. The molecule has 0 aliphatic rings. The Bertz CT molecular complexity index is 1020. The highest BCUT2D eigenvalue weighted by atomic mass is 16.1. The third kappa shape index (κ3) is 4.06. The van der Waals surface area contributed by atoms with Crippen molar-refractivity contribution in [3.63, 3.8) is 0 Å². The Morgan fingerprint density at radius 1 is 1.04 bits per heavy atom. The van der Waals surface area contributed by atoms with Gasteiger partial charge < -0.3 is 14.5 Å². The van der Waals surface area contributed by atoms with E-state index in [1.54, 1.807) is 12.5 Å². The first kappa shape index (κ1) is 17.0. The summed E-state index contributed by atoms with van der Waals surface area (Å²) in [6, 6.07) is 15.8. The van der Waals surface area contributed by atoms with E-state index in [4.69, 9.17) is 0 Å². The Labute approximate surface area is 157 Å². The molecule has 4 aromatic rings. The molecular formula is C21H21N5O. The second-order valence-corrected chi connectivity index (χ2v) is 6.47. The van der Waals surface area contributed by atoms with E-state index in [0.717, 1.165) is 36.1 Å². The van der Waals surface area contributed by atoms with Crippen molar-refractivity contribution >= 4 is 16.9 Å². The van der Waals surface area contributed by atoms with Gasteiger partial charge in [-0.15, -0.1) is 0 Å². The summed E-state index contributed by atoms with van der Waals surface area (Å²) in [6.45, 7) is 2.21. The van der Waals surface area contributed by atoms with Crippen LogP contribution in [0.3, 0.4) is 0 Å². The number of carbonyl (C=O) groups excluding carboxylic acids is 1. The summed E-state index contributed by atoms with van der Waals surface area (Å²) >= 11 is 0. The van der Waals surface area contributed by atoms with Gasteiger partial charge in [-0.05, 0) is 36.2 Å². The molecule has 136 valence electrons. The topological polar surface area (TPSA) is 64.7 Å². The summed E-state index contributed by atoms with van der Waals surface area (Å²) in [5, 5.41) is 2.96. The summed E-state index contributed by atoms with van der Waals surface area (Å²) in [5.41, 5.74) is 3.91. The van der Waals surface area contributed by atoms with Crippen LogP contribution in [-0.4, -0.2) is 31.6 Å². The van der Waals surface area contributed by atoms with Gasteiger partial charge in [0.1, 0.15) is 0 Å². The predicted molar refractivity (Wildman–Crippen MR) is 104 cm³/mol. The zero-order chi connectivity index (χ0) is 18.5. The van der Waals surface area contributed by atoms with Crippen LogP contribution in [0.1, 0.15) is 22.3 Å². The van der Waals surface area contributed by atoms with Gasteiger partial charge in [0.15, 0.2) is 0 Å². The Hall–Kier alpha value is -3.41. The molecule has 27 heavy (non-hydrogen) atoms. The number of amides is 1. The van der Waals surface area contributed by atoms with Gasteiger partial charge in [-0.1, -0.05) is 24.3 Å². The lowest BCUT2D eigenvalue weighted by molar-refractivity contribution is 0.0952. The molecule has 0 spiro atoms. The lowest BCUT2D eigenvalue weighted by Crippen LogP contribution is -2.25. The molecule has 0 saturated carbocycles. The Morgan fingerprint density at radius 2 is 1.89 bits per heavy atom. The van der Waals surface area contributed by atoms with Crippen molar-refractivity contribution in [3.8, 4) is 0 Å². The number of hydrogen-bond donors (Lipinski definition) is 1. The van der Waals surface area contributed by atoms with Crippen LogP contribution >= 0.6 is 0 Å². The van der Waals surface area contributed by atoms with Crippen LogP contribution in [-0.2, 0) is 13.1 Å². The minimum Gasteiger partial charge on any atom is -0.352 e. The molecule has 0 aliphatic heterocycles. The fourth-order valence-corrected chi connectivity index (χ4v) is 3.08. The number of hydrogen-bond acceptors (Lipinski definition) is 3. The highest BCUT2D eigenvalue weighted by molar-refractivity contribution is 5.94. The second kappa shape index (κ2) is 7.86. The molecule has 4 rings (SSSR count). The fourth-order valence-electron chi connectivity index (χ4n) is 3.08. The number of imidazole rings is 2. The van der Waals surface area contributed by atoms with E-state index >= 15 is 0 Å². The van der Waals surface area contributed by atoms with Gasteiger partial charge >= 0.3 is 0 Å². The summed E-state index contributed by atoms with van der Waals surface area (Å²) in [5.74, 6) is -0.0414. The quantitative estimate of drug-likeness (QED) is 0.516. The third-order valence-electron chi connectivity index (χ3n) is 4.53. The normalized spacial score (nSPS) is 11.0. The molecule has 2 heterocycles. The molecule has 0 atom stereocenters. The molecular weight excluding hydrogens is 338 g/mol. The molecule has 0 fully saturated rings. The van der Waals surface area contributed by atoms with Crippen molar-refractivity contribution in [2.75, 3.05) is 6.54 Å². The van der Waals surface area contributed by atoms with E-state index < -0.39 is 0 Å². The molecule has 1 N–H and O–H groups in total. The maximum Gasteiger partial charge on any atom is 0.251 e. The molecule has 0 saturated heterocycles. The lowest BCUT2D eigenvalue weighted by Gasteiger charge is -2.08. The summed E-state index contributed by atoms with van der Waals surface area (Å²) in [4.78, 5) is 20.7. The Balaban J connectivity index is 1.32. The van der Waals surface area contributed by atoms with Crippen LogP contribution in [0.2, 0.25) is 0 Å². The van der Waals surface area contributed by atoms with E-state index in [9.17, 15) is 4.79 Å². The second-order valence-electron chi connectivity index (χ2n) is 6.47. The van der Waals surface area contributed by atoms with Crippen molar-refractivity contribution < 1.29 is 4.79 Å². The Kier molecular flexibility index (Phi) is 4.96. The monoisotopic (exact) mass is 359 g/mol. The molecule has 0 radical (unpaired) electrons. The molecule has 1 amide bonds. The average Bonchev–Trinajstić information content (AvgIpc) is 3.36. The number of para-hydroxylation sites is 2. The highest BCUT2D eigenvalue weighted by Gasteiger charge is 2.06. The Morgan fingerprint density at radius 3 is 2.70 bits per heavy atom. The number of benzene rings is 2. The van der Waals surface area contributed by atoms with Gasteiger partial charge in [0, 0.05) is 37.6 Å². The number of aryl methyl sites for hydroxylation is 1. The number of rotatable bonds is 7. The van der Waals surface area contributed by atoms with Crippen LogP contribution in [0.4, 0.5) is 0 Å². The van der Waals surface area contributed by atoms with Crippen molar-refractivity contribution in [1.82, 2.24) is 24.4 Å². The standard InChI is InChI=1S/C21H21N5O/c27-21(23-10-3-12-25-13-11-22-15-25)18-8-6-17(7-9-18)14-26-16-24-19-4-1-2-5-20(19)26/h1-2,4-9,11,13,15-16H,3,10,12,14H2,(H,23,27). The minimum atomic E-state index is -0.0414.